The van der Waals surface area contributed by atoms with Crippen LogP contribution >= 0.6 is 27.7 Å². The molecule has 2 aromatic rings. The number of benzene rings is 2. The Hall–Kier alpha value is -3.18. The van der Waals surface area contributed by atoms with E-state index in [0.717, 1.165) is 11.8 Å². The van der Waals surface area contributed by atoms with E-state index >= 15 is 0 Å². The van der Waals surface area contributed by atoms with E-state index in [1.807, 2.05) is 0 Å². The summed E-state index contributed by atoms with van der Waals surface area (Å²) in [5.74, 6) is -1.48. The van der Waals surface area contributed by atoms with Crippen molar-refractivity contribution in [2.24, 2.45) is 10.2 Å². The summed E-state index contributed by atoms with van der Waals surface area (Å²) in [4.78, 5) is 34.8. The molecule has 0 radical (unpaired) electrons. The van der Waals surface area contributed by atoms with Crippen molar-refractivity contribution in [3.63, 3.8) is 0 Å². The Balaban J connectivity index is 1.73. The molecule has 0 bridgehead atoms. The quantitative estimate of drug-likeness (QED) is 0.256. The Labute approximate surface area is 189 Å². The lowest BCUT2D eigenvalue weighted by molar-refractivity contribution is -0.138. The number of rotatable bonds is 7. The summed E-state index contributed by atoms with van der Waals surface area (Å²) in [6, 6.07) is 11.7. The number of methoxy groups -OCH3 is 1. The number of aliphatic carboxylic acids is 1. The van der Waals surface area contributed by atoms with Crippen LogP contribution in [0.25, 0.3) is 0 Å². The number of amidine groups is 1. The van der Waals surface area contributed by atoms with Crippen LogP contribution in [0.4, 0.5) is 0 Å². The zero-order chi connectivity index (χ0) is 22.4. The maximum atomic E-state index is 12.3. The fourth-order valence-electron chi connectivity index (χ4n) is 2.51. The minimum atomic E-state index is -1.07. The molecule has 1 saturated heterocycles. The molecule has 3 rings (SSSR count). The number of thioether (sulfide) groups is 1. The molecule has 31 heavy (non-hydrogen) atoms. The fraction of sp³-hybridized carbons (Fsp3) is 0.150. The highest BCUT2D eigenvalue weighted by Gasteiger charge is 2.32. The number of carboxylic acids is 1. The van der Waals surface area contributed by atoms with Crippen molar-refractivity contribution in [2.75, 3.05) is 7.11 Å². The molecule has 1 amide bonds. The van der Waals surface area contributed by atoms with Crippen LogP contribution in [0.3, 0.4) is 0 Å². The molecule has 2 aromatic carbocycles. The average molecular weight is 506 g/mol. The Morgan fingerprint density at radius 1 is 1.26 bits per heavy atom. The minimum absolute atomic E-state index is 0.212. The Bertz CT molecular complexity index is 1070. The first kappa shape index (κ1) is 22.5. The lowest BCUT2D eigenvalue weighted by Gasteiger charge is -2.11. The number of carbonyl (C=O) groups is 3. The molecule has 160 valence electrons. The van der Waals surface area contributed by atoms with Gasteiger partial charge in [0.2, 0.25) is 5.91 Å². The van der Waals surface area contributed by atoms with Crippen molar-refractivity contribution in [3.8, 4) is 11.5 Å². The van der Waals surface area contributed by atoms with Gasteiger partial charge in [-0.25, -0.2) is 4.79 Å². The molecule has 1 heterocycles. The summed E-state index contributed by atoms with van der Waals surface area (Å²) in [6.07, 6.45) is 1.12. The molecule has 1 atom stereocenters. The number of carboxylic acid groups (broad SMARTS) is 1. The van der Waals surface area contributed by atoms with Gasteiger partial charge in [0.1, 0.15) is 5.25 Å². The zero-order valence-electron chi connectivity index (χ0n) is 16.1. The predicted octanol–water partition coefficient (Wildman–Crippen LogP) is 3.07. The number of nitrogens with zero attached hydrogens (tertiary/aromatic N) is 2. The molecule has 1 aliphatic heterocycles. The van der Waals surface area contributed by atoms with Crippen LogP contribution in [0, 0.1) is 0 Å². The smallest absolute Gasteiger partial charge is 0.343 e. The zero-order valence-corrected chi connectivity index (χ0v) is 18.5. The van der Waals surface area contributed by atoms with Crippen LogP contribution in [0.1, 0.15) is 22.3 Å². The lowest BCUT2D eigenvalue weighted by atomic mass is 10.2. The average Bonchev–Trinajstić information content (AvgIpc) is 3.08. The fourth-order valence-corrected chi connectivity index (χ4v) is 3.85. The largest absolute Gasteiger partial charge is 0.493 e. The highest BCUT2D eigenvalue weighted by atomic mass is 79.9. The van der Waals surface area contributed by atoms with Crippen molar-refractivity contribution in [3.05, 3.63) is 58.1 Å². The Kier molecular flexibility index (Phi) is 7.42. The second-order valence-electron chi connectivity index (χ2n) is 6.12. The SMILES string of the molecule is COc1cc(C=NN=C2NC(=O)C(CC(=O)O)S2)c(Br)cc1OC(=O)c1ccccc1. The van der Waals surface area contributed by atoms with E-state index < -0.39 is 23.1 Å². The highest BCUT2D eigenvalue weighted by molar-refractivity contribution is 9.10. The maximum absolute atomic E-state index is 12.3. The first-order valence-corrected chi connectivity index (χ1v) is 10.5. The van der Waals surface area contributed by atoms with E-state index in [1.165, 1.54) is 13.3 Å². The van der Waals surface area contributed by atoms with E-state index in [0.29, 0.717) is 21.3 Å². The highest BCUT2D eigenvalue weighted by Crippen LogP contribution is 2.33. The van der Waals surface area contributed by atoms with Crippen molar-refractivity contribution in [1.29, 1.82) is 0 Å². The van der Waals surface area contributed by atoms with Gasteiger partial charge in [0.05, 0.1) is 25.3 Å². The molecule has 1 fully saturated rings. The number of nitrogens with one attached hydrogen (secondary N) is 1. The molecule has 1 unspecified atom stereocenters. The summed E-state index contributed by atoms with van der Waals surface area (Å²) < 4.78 is 11.3. The summed E-state index contributed by atoms with van der Waals surface area (Å²) in [7, 11) is 1.44. The van der Waals surface area contributed by atoms with Gasteiger partial charge in [0.25, 0.3) is 0 Å². The van der Waals surface area contributed by atoms with E-state index in [1.54, 1.807) is 42.5 Å². The van der Waals surface area contributed by atoms with Crippen molar-refractivity contribution >= 4 is 56.9 Å². The van der Waals surface area contributed by atoms with Gasteiger partial charge >= 0.3 is 11.9 Å². The van der Waals surface area contributed by atoms with Crippen molar-refractivity contribution in [1.82, 2.24) is 5.32 Å². The van der Waals surface area contributed by atoms with Gasteiger partial charge in [-0.15, -0.1) is 5.10 Å². The van der Waals surface area contributed by atoms with Crippen LogP contribution in [0.5, 0.6) is 11.5 Å². The third kappa shape index (κ3) is 5.92. The standard InChI is InChI=1S/C20H16BrN3O6S/c1-29-14-7-12(10-22-24-20-23-18(27)16(31-20)9-17(25)26)13(21)8-15(14)30-19(28)11-5-3-2-4-6-11/h2-8,10,16H,9H2,1H3,(H,25,26)(H,23,24,27). The molecule has 0 saturated carbocycles. The van der Waals surface area contributed by atoms with Crippen molar-refractivity contribution < 1.29 is 29.0 Å². The van der Waals surface area contributed by atoms with Gasteiger partial charge in [-0.3, -0.25) is 9.59 Å². The maximum Gasteiger partial charge on any atom is 0.343 e. The second-order valence-corrected chi connectivity index (χ2v) is 8.17. The molecule has 11 heteroatoms. The Morgan fingerprint density at radius 3 is 2.68 bits per heavy atom. The van der Waals surface area contributed by atoms with Gasteiger partial charge < -0.3 is 19.9 Å². The number of hydrogen-bond donors (Lipinski definition) is 2. The normalized spacial score (nSPS) is 17.0. The van der Waals surface area contributed by atoms with Crippen LogP contribution in [-0.2, 0) is 9.59 Å². The van der Waals surface area contributed by atoms with Gasteiger partial charge in [-0.1, -0.05) is 30.0 Å². The second kappa shape index (κ2) is 10.2. The number of esters is 1. The molecule has 2 N–H and O–H groups in total. The van der Waals surface area contributed by atoms with Gasteiger partial charge in [0.15, 0.2) is 16.7 Å². The summed E-state index contributed by atoms with van der Waals surface area (Å²) >= 11 is 4.39. The molecule has 1 aliphatic rings. The van der Waals surface area contributed by atoms with Gasteiger partial charge in [0, 0.05) is 10.0 Å². The van der Waals surface area contributed by atoms with Crippen LogP contribution < -0.4 is 14.8 Å². The monoisotopic (exact) mass is 505 g/mol. The minimum Gasteiger partial charge on any atom is -0.493 e. The van der Waals surface area contributed by atoms with Gasteiger partial charge in [-0.2, -0.15) is 5.10 Å². The number of ether oxygens (including phenoxy) is 2. The third-order valence-corrected chi connectivity index (χ3v) is 5.74. The molecular formula is C20H16BrN3O6S. The van der Waals surface area contributed by atoms with E-state index in [4.69, 9.17) is 14.6 Å². The predicted molar refractivity (Wildman–Crippen MR) is 119 cm³/mol. The first-order chi connectivity index (χ1) is 14.9. The van der Waals surface area contributed by atoms with Crippen LogP contribution in [0.2, 0.25) is 0 Å². The summed E-state index contributed by atoms with van der Waals surface area (Å²) in [6.45, 7) is 0. The Morgan fingerprint density at radius 2 is 2.00 bits per heavy atom. The van der Waals surface area contributed by atoms with Crippen LogP contribution in [0.15, 0.2) is 57.1 Å². The van der Waals surface area contributed by atoms with E-state index in [-0.39, 0.29) is 17.3 Å². The molecule has 0 spiro atoms. The molecular weight excluding hydrogens is 490 g/mol. The lowest BCUT2D eigenvalue weighted by Crippen LogP contribution is -2.26. The van der Waals surface area contributed by atoms with E-state index in [2.05, 4.69) is 31.4 Å². The molecule has 0 aliphatic carbocycles. The third-order valence-electron chi connectivity index (χ3n) is 3.98. The molecule has 9 nitrogen and oxygen atoms in total. The summed E-state index contributed by atoms with van der Waals surface area (Å²) in [5.41, 5.74) is 0.983. The number of carbonyl (C=O) groups excluding carboxylic acids is 2. The van der Waals surface area contributed by atoms with Crippen molar-refractivity contribution in [2.45, 2.75) is 11.7 Å². The first-order valence-electron chi connectivity index (χ1n) is 8.82. The number of amides is 1. The number of halogens is 1. The van der Waals surface area contributed by atoms with Gasteiger partial charge in [-0.05, 0) is 40.2 Å². The van der Waals surface area contributed by atoms with E-state index in [9.17, 15) is 14.4 Å². The molecule has 0 aromatic heterocycles. The van der Waals surface area contributed by atoms with Crippen LogP contribution in [-0.4, -0.2) is 46.7 Å². The summed E-state index contributed by atoms with van der Waals surface area (Å²) in [5, 5.41) is 18.6. The topological polar surface area (TPSA) is 127 Å². The number of hydrogen-bond acceptors (Lipinski definition) is 8.